The Morgan fingerprint density at radius 1 is 1.06 bits per heavy atom. The summed E-state index contributed by atoms with van der Waals surface area (Å²) in [4.78, 5) is 35.4. The van der Waals surface area contributed by atoms with Crippen molar-refractivity contribution < 1.29 is 14.7 Å². The number of aromatic carboxylic acids is 1. The molecule has 0 atom stereocenters. The van der Waals surface area contributed by atoms with E-state index in [0.717, 1.165) is 53.5 Å². The quantitative estimate of drug-likeness (QED) is 0.321. The third-order valence-corrected chi connectivity index (χ3v) is 10.2. The summed E-state index contributed by atoms with van der Waals surface area (Å²) >= 11 is 2.56. The van der Waals surface area contributed by atoms with E-state index in [-0.39, 0.29) is 22.1 Å². The summed E-state index contributed by atoms with van der Waals surface area (Å²) in [5.74, 6) is 2.23. The van der Waals surface area contributed by atoms with Crippen LogP contribution in [0.2, 0.25) is 0 Å². The summed E-state index contributed by atoms with van der Waals surface area (Å²) in [5.41, 5.74) is 2.66. The molecule has 4 bridgehead atoms. The number of hydrogen-bond acceptors (Lipinski definition) is 6. The highest BCUT2D eigenvalue weighted by molar-refractivity contribution is 8.00. The van der Waals surface area contributed by atoms with Gasteiger partial charge < -0.3 is 10.4 Å². The lowest BCUT2D eigenvalue weighted by atomic mass is 9.53. The Morgan fingerprint density at radius 3 is 2.29 bits per heavy atom. The van der Waals surface area contributed by atoms with E-state index in [2.05, 4.69) is 5.32 Å². The first-order valence-electron chi connectivity index (χ1n) is 12.3. The van der Waals surface area contributed by atoms with Crippen molar-refractivity contribution in [3.05, 3.63) is 40.3 Å². The molecule has 0 spiro atoms. The van der Waals surface area contributed by atoms with Crippen molar-refractivity contribution in [3.63, 3.8) is 0 Å². The Hall–Kier alpha value is -2.45. The minimum Gasteiger partial charge on any atom is -0.477 e. The molecule has 2 heterocycles. The standard InChI is InChI=1S/C27H29N3O3S2/c1-14-3-5-19(6-4-14)23-28-24(21-15(2)22(26(32)33)35-25(21)29-23)34-13-20(31)30-27-10-16-7-17(11-27)9-18(8-16)12-27/h3-6,16-18H,7-13H2,1-2H3,(H,30,31)(H,32,33). The van der Waals surface area contributed by atoms with Gasteiger partial charge in [-0.05, 0) is 75.7 Å². The zero-order valence-electron chi connectivity index (χ0n) is 20.0. The van der Waals surface area contributed by atoms with E-state index in [0.29, 0.717) is 21.2 Å². The number of aromatic nitrogens is 2. The normalized spacial score (nSPS) is 26.9. The molecule has 8 heteroatoms. The average molecular weight is 508 g/mol. The predicted molar refractivity (Wildman–Crippen MR) is 139 cm³/mol. The lowest BCUT2D eigenvalue weighted by Crippen LogP contribution is -2.60. The van der Waals surface area contributed by atoms with Crippen molar-refractivity contribution >= 4 is 45.2 Å². The van der Waals surface area contributed by atoms with Gasteiger partial charge in [0.1, 0.15) is 14.7 Å². The molecule has 1 aromatic carbocycles. The molecule has 1 amide bonds. The average Bonchev–Trinajstić information content (AvgIpc) is 3.13. The zero-order chi connectivity index (χ0) is 24.3. The number of rotatable bonds is 6. The molecule has 0 aliphatic heterocycles. The molecule has 2 aromatic heterocycles. The lowest BCUT2D eigenvalue weighted by Gasteiger charge is -2.56. The molecular formula is C27H29N3O3S2. The summed E-state index contributed by atoms with van der Waals surface area (Å²) in [5, 5.41) is 14.5. The first kappa shape index (κ1) is 23.0. The third kappa shape index (κ3) is 4.25. The maximum Gasteiger partial charge on any atom is 0.346 e. The summed E-state index contributed by atoms with van der Waals surface area (Å²) in [6.45, 7) is 3.83. The molecule has 4 fully saturated rings. The molecule has 4 aliphatic rings. The van der Waals surface area contributed by atoms with Crippen LogP contribution in [0.25, 0.3) is 21.6 Å². The van der Waals surface area contributed by atoms with E-state index in [1.165, 1.54) is 42.4 Å². The molecule has 4 aliphatic carbocycles. The van der Waals surface area contributed by atoms with Crippen molar-refractivity contribution in [3.8, 4) is 11.4 Å². The maximum atomic E-state index is 13.2. The molecule has 182 valence electrons. The number of benzene rings is 1. The van der Waals surface area contributed by atoms with Crippen LogP contribution in [0.1, 0.15) is 59.3 Å². The van der Waals surface area contributed by atoms with Gasteiger partial charge >= 0.3 is 5.97 Å². The number of nitrogens with one attached hydrogen (secondary N) is 1. The number of hydrogen-bond donors (Lipinski definition) is 2. The van der Waals surface area contributed by atoms with Crippen LogP contribution < -0.4 is 5.32 Å². The number of carbonyl (C=O) groups is 2. The Morgan fingerprint density at radius 2 is 1.69 bits per heavy atom. The van der Waals surface area contributed by atoms with Crippen LogP contribution in [0.5, 0.6) is 0 Å². The van der Waals surface area contributed by atoms with Gasteiger partial charge in [-0.15, -0.1) is 11.3 Å². The highest BCUT2D eigenvalue weighted by Crippen LogP contribution is 2.55. The third-order valence-electron chi connectivity index (χ3n) is 8.04. The molecule has 4 saturated carbocycles. The Labute approximate surface area is 212 Å². The van der Waals surface area contributed by atoms with E-state index >= 15 is 0 Å². The number of thiophene rings is 1. The molecule has 2 N–H and O–H groups in total. The number of thioether (sulfide) groups is 1. The monoisotopic (exact) mass is 507 g/mol. The van der Waals surface area contributed by atoms with Gasteiger partial charge in [-0.1, -0.05) is 41.6 Å². The Kier molecular flexibility index (Phi) is 5.64. The highest BCUT2D eigenvalue weighted by Gasteiger charge is 2.51. The second kappa shape index (κ2) is 8.59. The van der Waals surface area contributed by atoms with E-state index in [9.17, 15) is 14.7 Å². The molecule has 3 aromatic rings. The minimum absolute atomic E-state index is 0.0186. The van der Waals surface area contributed by atoms with E-state index < -0.39 is 5.97 Å². The van der Waals surface area contributed by atoms with Gasteiger partial charge in [0.15, 0.2) is 5.82 Å². The van der Waals surface area contributed by atoms with Crippen molar-refractivity contribution in [2.75, 3.05) is 5.75 Å². The smallest absolute Gasteiger partial charge is 0.346 e. The minimum atomic E-state index is -0.960. The van der Waals surface area contributed by atoms with Gasteiger partial charge in [0.05, 0.1) is 5.75 Å². The number of aryl methyl sites for hydroxylation is 2. The van der Waals surface area contributed by atoms with Crippen molar-refractivity contribution in [2.45, 2.75) is 62.9 Å². The molecular weight excluding hydrogens is 478 g/mol. The van der Waals surface area contributed by atoms with Crippen LogP contribution in [-0.4, -0.2) is 38.2 Å². The number of carbonyl (C=O) groups excluding carboxylic acids is 1. The first-order valence-corrected chi connectivity index (χ1v) is 14.1. The molecule has 6 nitrogen and oxygen atoms in total. The predicted octanol–water partition coefficient (Wildman–Crippen LogP) is 5.85. The van der Waals surface area contributed by atoms with Gasteiger partial charge in [0, 0.05) is 16.5 Å². The second-order valence-corrected chi connectivity index (χ2v) is 12.8. The van der Waals surface area contributed by atoms with Gasteiger partial charge in [0.2, 0.25) is 5.91 Å². The number of carboxylic acids is 1. The Bertz CT molecular complexity index is 1300. The SMILES string of the molecule is Cc1ccc(-c2nc(SCC(=O)NC34CC5CC(CC(C5)C3)C4)c3c(C)c(C(=O)O)sc3n2)cc1. The van der Waals surface area contributed by atoms with Crippen molar-refractivity contribution in [1.82, 2.24) is 15.3 Å². The van der Waals surface area contributed by atoms with Crippen LogP contribution in [0.4, 0.5) is 0 Å². The number of amides is 1. The van der Waals surface area contributed by atoms with Gasteiger partial charge in [-0.2, -0.15) is 0 Å². The van der Waals surface area contributed by atoms with E-state index in [1.54, 1.807) is 6.92 Å². The topological polar surface area (TPSA) is 92.2 Å². The van der Waals surface area contributed by atoms with Crippen LogP contribution in [0, 0.1) is 31.6 Å². The fraction of sp³-hybridized carbons (Fsp3) is 0.481. The van der Waals surface area contributed by atoms with Crippen LogP contribution >= 0.6 is 23.1 Å². The lowest BCUT2D eigenvalue weighted by molar-refractivity contribution is -0.124. The highest BCUT2D eigenvalue weighted by atomic mass is 32.2. The fourth-order valence-corrected chi connectivity index (χ4v) is 8.94. The molecule has 0 saturated heterocycles. The number of fused-ring (bicyclic) bond motifs is 1. The molecule has 0 radical (unpaired) electrons. The Balaban J connectivity index is 1.28. The number of carboxylic acid groups (broad SMARTS) is 1. The largest absolute Gasteiger partial charge is 0.477 e. The van der Waals surface area contributed by atoms with E-state index in [4.69, 9.17) is 9.97 Å². The first-order chi connectivity index (χ1) is 16.8. The van der Waals surface area contributed by atoms with Crippen molar-refractivity contribution in [2.24, 2.45) is 17.8 Å². The van der Waals surface area contributed by atoms with Gasteiger partial charge in [-0.25, -0.2) is 14.8 Å². The van der Waals surface area contributed by atoms with Gasteiger partial charge in [-0.3, -0.25) is 4.79 Å². The second-order valence-electron chi connectivity index (χ2n) is 10.8. The van der Waals surface area contributed by atoms with Gasteiger partial charge in [0.25, 0.3) is 0 Å². The molecule has 35 heavy (non-hydrogen) atoms. The maximum absolute atomic E-state index is 13.2. The molecule has 7 rings (SSSR count). The molecule has 0 unspecified atom stereocenters. The summed E-state index contributed by atoms with van der Waals surface area (Å²) < 4.78 is 0. The zero-order valence-corrected chi connectivity index (χ0v) is 21.6. The fourth-order valence-electron chi connectivity index (χ4n) is 6.97. The van der Waals surface area contributed by atoms with Crippen LogP contribution in [0.15, 0.2) is 29.3 Å². The van der Waals surface area contributed by atoms with Crippen LogP contribution in [-0.2, 0) is 4.79 Å². The van der Waals surface area contributed by atoms with E-state index in [1.807, 2.05) is 31.2 Å². The van der Waals surface area contributed by atoms with Crippen LogP contribution in [0.3, 0.4) is 0 Å². The summed E-state index contributed by atoms with van der Waals surface area (Å²) in [7, 11) is 0. The summed E-state index contributed by atoms with van der Waals surface area (Å²) in [6.07, 6.45) is 7.39. The number of nitrogens with zero attached hydrogens (tertiary/aromatic N) is 2. The van der Waals surface area contributed by atoms with Crippen molar-refractivity contribution in [1.29, 1.82) is 0 Å². The summed E-state index contributed by atoms with van der Waals surface area (Å²) in [6, 6.07) is 7.97.